The van der Waals surface area contributed by atoms with Crippen molar-refractivity contribution in [3.8, 4) is 0 Å². The number of nitrogens with zero attached hydrogens (tertiary/aromatic N) is 2. The number of nitrogens with one attached hydrogen (secondary N) is 1. The molecule has 0 bridgehead atoms. The van der Waals surface area contributed by atoms with E-state index >= 15 is 0 Å². The van der Waals surface area contributed by atoms with E-state index in [1.54, 1.807) is 0 Å². The van der Waals surface area contributed by atoms with Crippen molar-refractivity contribution >= 4 is 11.7 Å². The monoisotopic (exact) mass is 249 g/mol. The van der Waals surface area contributed by atoms with Crippen LogP contribution < -0.4 is 5.32 Å². The van der Waals surface area contributed by atoms with Crippen LogP contribution in [-0.2, 0) is 4.79 Å². The number of piperidine rings is 1. The van der Waals surface area contributed by atoms with Crippen LogP contribution in [0.15, 0.2) is 16.6 Å². The number of hydrogen-bond acceptors (Lipinski definition) is 3. The van der Waals surface area contributed by atoms with Crippen molar-refractivity contribution in [3.63, 3.8) is 0 Å². The van der Waals surface area contributed by atoms with E-state index in [2.05, 4.69) is 31.1 Å². The highest BCUT2D eigenvalue weighted by atomic mass is 16.2. The molecule has 1 fully saturated rings. The molecule has 1 saturated heterocycles. The predicted molar refractivity (Wildman–Crippen MR) is 73.6 cm³/mol. The standard InChI is InChI=1S/C14H23N3O/c1-10(2)16-13-8-12(9-15-13)14(18)17-6-4-11(3)5-7-17/h8,10-11H,4-7,9H2,1-3H3,(H,15,16). The van der Waals surface area contributed by atoms with Gasteiger partial charge >= 0.3 is 0 Å². The third kappa shape index (κ3) is 3.12. The highest BCUT2D eigenvalue weighted by Crippen LogP contribution is 2.18. The SMILES string of the molecule is CC1CCN(C(=O)C2=CC(NC(C)C)=NC2)CC1. The zero-order chi connectivity index (χ0) is 13.1. The molecule has 0 unspecified atom stereocenters. The molecular weight excluding hydrogens is 226 g/mol. The minimum atomic E-state index is 0.172. The van der Waals surface area contributed by atoms with Crippen molar-refractivity contribution in [2.75, 3.05) is 19.6 Å². The van der Waals surface area contributed by atoms with E-state index in [1.807, 2.05) is 11.0 Å². The summed E-state index contributed by atoms with van der Waals surface area (Å²) in [5.41, 5.74) is 0.827. The van der Waals surface area contributed by atoms with Gasteiger partial charge in [0.15, 0.2) is 0 Å². The molecule has 0 aliphatic carbocycles. The number of rotatable bonds is 2. The van der Waals surface area contributed by atoms with Crippen LogP contribution >= 0.6 is 0 Å². The number of hydrogen-bond donors (Lipinski definition) is 1. The number of amides is 1. The lowest BCUT2D eigenvalue weighted by molar-refractivity contribution is -0.128. The molecule has 2 aliphatic heterocycles. The second kappa shape index (κ2) is 5.55. The van der Waals surface area contributed by atoms with Crippen LogP contribution in [0.4, 0.5) is 0 Å². The number of carbonyl (C=O) groups is 1. The highest BCUT2D eigenvalue weighted by molar-refractivity contribution is 6.06. The van der Waals surface area contributed by atoms with Gasteiger partial charge < -0.3 is 10.2 Å². The van der Waals surface area contributed by atoms with Gasteiger partial charge in [0.2, 0.25) is 0 Å². The Bertz CT molecular complexity index is 377. The van der Waals surface area contributed by atoms with E-state index < -0.39 is 0 Å². The summed E-state index contributed by atoms with van der Waals surface area (Å²) in [7, 11) is 0. The van der Waals surface area contributed by atoms with Crippen LogP contribution in [-0.4, -0.2) is 42.3 Å². The van der Waals surface area contributed by atoms with E-state index in [4.69, 9.17) is 0 Å². The maximum atomic E-state index is 12.3. The third-order valence-electron chi connectivity index (χ3n) is 3.51. The first-order chi connectivity index (χ1) is 8.56. The maximum absolute atomic E-state index is 12.3. The Labute approximate surface area is 109 Å². The van der Waals surface area contributed by atoms with E-state index in [0.717, 1.165) is 43.3 Å². The molecule has 18 heavy (non-hydrogen) atoms. The molecule has 0 radical (unpaired) electrons. The first kappa shape index (κ1) is 13.1. The van der Waals surface area contributed by atoms with Gasteiger partial charge in [-0.15, -0.1) is 0 Å². The van der Waals surface area contributed by atoms with Gasteiger partial charge in [-0.25, -0.2) is 0 Å². The second-order valence-corrected chi connectivity index (χ2v) is 5.64. The number of amidine groups is 1. The summed E-state index contributed by atoms with van der Waals surface area (Å²) in [6, 6.07) is 0.352. The Hall–Kier alpha value is -1.32. The maximum Gasteiger partial charge on any atom is 0.251 e. The zero-order valence-electron chi connectivity index (χ0n) is 11.6. The summed E-state index contributed by atoms with van der Waals surface area (Å²) < 4.78 is 0. The lowest BCUT2D eigenvalue weighted by Gasteiger charge is -2.30. The third-order valence-corrected chi connectivity index (χ3v) is 3.51. The largest absolute Gasteiger partial charge is 0.368 e. The topological polar surface area (TPSA) is 44.7 Å². The minimum absolute atomic E-state index is 0.172. The molecule has 0 aromatic rings. The van der Waals surface area contributed by atoms with Crippen molar-refractivity contribution in [2.45, 2.75) is 39.7 Å². The van der Waals surface area contributed by atoms with Crippen LogP contribution in [0.1, 0.15) is 33.6 Å². The van der Waals surface area contributed by atoms with Gasteiger partial charge in [0.1, 0.15) is 5.84 Å². The Kier molecular flexibility index (Phi) is 4.04. The smallest absolute Gasteiger partial charge is 0.251 e. The Morgan fingerprint density at radius 3 is 2.72 bits per heavy atom. The molecule has 1 N–H and O–H groups in total. The summed E-state index contributed by atoms with van der Waals surface area (Å²) >= 11 is 0. The second-order valence-electron chi connectivity index (χ2n) is 5.64. The van der Waals surface area contributed by atoms with Gasteiger partial charge in [-0.1, -0.05) is 6.92 Å². The quantitative estimate of drug-likeness (QED) is 0.807. The molecular formula is C14H23N3O. The minimum Gasteiger partial charge on any atom is -0.368 e. The summed E-state index contributed by atoms with van der Waals surface area (Å²) in [6.45, 7) is 8.71. The van der Waals surface area contributed by atoms with Gasteiger partial charge in [0.05, 0.1) is 6.54 Å². The summed E-state index contributed by atoms with van der Waals surface area (Å²) in [4.78, 5) is 18.6. The normalized spacial score (nSPS) is 21.0. The fraction of sp³-hybridized carbons (Fsp3) is 0.714. The Balaban J connectivity index is 1.91. The molecule has 0 saturated carbocycles. The molecule has 4 heteroatoms. The Morgan fingerprint density at radius 2 is 2.11 bits per heavy atom. The van der Waals surface area contributed by atoms with Crippen molar-refractivity contribution in [2.24, 2.45) is 10.9 Å². The van der Waals surface area contributed by atoms with E-state index in [9.17, 15) is 4.79 Å². The van der Waals surface area contributed by atoms with Crippen LogP contribution in [0, 0.1) is 5.92 Å². The van der Waals surface area contributed by atoms with Crippen molar-refractivity contribution in [1.82, 2.24) is 10.2 Å². The first-order valence-electron chi connectivity index (χ1n) is 6.87. The molecule has 2 rings (SSSR count). The van der Waals surface area contributed by atoms with E-state index in [-0.39, 0.29) is 5.91 Å². The molecule has 0 atom stereocenters. The van der Waals surface area contributed by atoms with Gasteiger partial charge in [-0.3, -0.25) is 9.79 Å². The fourth-order valence-electron chi connectivity index (χ4n) is 2.35. The summed E-state index contributed by atoms with van der Waals surface area (Å²) in [5, 5.41) is 3.24. The highest BCUT2D eigenvalue weighted by Gasteiger charge is 2.24. The van der Waals surface area contributed by atoms with Gasteiger partial charge in [-0.05, 0) is 38.7 Å². The molecule has 4 nitrogen and oxygen atoms in total. The van der Waals surface area contributed by atoms with Crippen LogP contribution in [0.2, 0.25) is 0 Å². The van der Waals surface area contributed by atoms with Crippen molar-refractivity contribution < 1.29 is 4.79 Å². The van der Waals surface area contributed by atoms with Gasteiger partial charge in [0.25, 0.3) is 5.91 Å². The predicted octanol–water partition coefficient (Wildman–Crippen LogP) is 1.58. The molecule has 2 aliphatic rings. The lowest BCUT2D eigenvalue weighted by Crippen LogP contribution is -2.39. The average Bonchev–Trinajstić information content (AvgIpc) is 2.76. The molecule has 2 heterocycles. The Morgan fingerprint density at radius 1 is 1.44 bits per heavy atom. The van der Waals surface area contributed by atoms with E-state index in [1.165, 1.54) is 0 Å². The fourth-order valence-corrected chi connectivity index (χ4v) is 2.35. The van der Waals surface area contributed by atoms with Crippen LogP contribution in [0.3, 0.4) is 0 Å². The lowest BCUT2D eigenvalue weighted by atomic mass is 9.98. The van der Waals surface area contributed by atoms with Crippen LogP contribution in [0.25, 0.3) is 0 Å². The van der Waals surface area contributed by atoms with Gasteiger partial charge in [-0.2, -0.15) is 0 Å². The summed E-state index contributed by atoms with van der Waals surface area (Å²) in [6.07, 6.45) is 4.15. The number of likely N-dealkylation sites (tertiary alicyclic amines) is 1. The molecule has 1 amide bonds. The molecule has 0 spiro atoms. The average molecular weight is 249 g/mol. The molecule has 0 aromatic heterocycles. The molecule has 100 valence electrons. The van der Waals surface area contributed by atoms with Crippen molar-refractivity contribution in [1.29, 1.82) is 0 Å². The first-order valence-corrected chi connectivity index (χ1v) is 6.87. The van der Waals surface area contributed by atoms with E-state index in [0.29, 0.717) is 12.6 Å². The van der Waals surface area contributed by atoms with Crippen LogP contribution in [0.5, 0.6) is 0 Å². The van der Waals surface area contributed by atoms with Gasteiger partial charge in [0, 0.05) is 24.7 Å². The molecule has 0 aromatic carbocycles. The summed E-state index contributed by atoms with van der Waals surface area (Å²) in [5.74, 6) is 1.77. The van der Waals surface area contributed by atoms with Crippen molar-refractivity contribution in [3.05, 3.63) is 11.6 Å². The zero-order valence-corrected chi connectivity index (χ0v) is 11.6. The number of carbonyl (C=O) groups excluding carboxylic acids is 1. The number of aliphatic imine (C=N–C) groups is 1.